The number of nitrogens with one attached hydrogen (secondary N) is 1. The predicted molar refractivity (Wildman–Crippen MR) is 101 cm³/mol. The maximum Gasteiger partial charge on any atom is 0.260 e. The average Bonchev–Trinajstić information content (AvgIpc) is 3.23. The van der Waals surface area contributed by atoms with E-state index in [1.54, 1.807) is 0 Å². The largest absolute Gasteiger partial charge is 0.484 e. The molecule has 130 valence electrons. The molecule has 6 heteroatoms. The van der Waals surface area contributed by atoms with Gasteiger partial charge in [-0.3, -0.25) is 4.79 Å². The standard InChI is InChI=1S/C18H24N2O2S2/c21-17(20-10-14-8-19-9-15(14)11-20)12-22-16-4-2-13(3-5-16)18-23-6-1-7-24-18/h2-5,14-15,18-19H,1,6-12H2/t14-,15+. The van der Waals surface area contributed by atoms with Gasteiger partial charge in [0.15, 0.2) is 6.61 Å². The second-order valence-corrected chi connectivity index (χ2v) is 9.49. The predicted octanol–water partition coefficient (Wildman–Crippen LogP) is 2.61. The molecule has 24 heavy (non-hydrogen) atoms. The van der Waals surface area contributed by atoms with Crippen LogP contribution in [0.5, 0.6) is 5.75 Å². The lowest BCUT2D eigenvalue weighted by atomic mass is 10.0. The lowest BCUT2D eigenvalue weighted by Crippen LogP contribution is -2.35. The zero-order valence-corrected chi connectivity index (χ0v) is 15.4. The molecule has 0 radical (unpaired) electrons. The molecule has 1 N–H and O–H groups in total. The summed E-state index contributed by atoms with van der Waals surface area (Å²) in [6.07, 6.45) is 1.31. The van der Waals surface area contributed by atoms with Crippen molar-refractivity contribution >= 4 is 29.4 Å². The summed E-state index contributed by atoms with van der Waals surface area (Å²) in [5.41, 5.74) is 1.35. The highest BCUT2D eigenvalue weighted by atomic mass is 32.2. The fourth-order valence-electron chi connectivity index (χ4n) is 3.70. The number of ether oxygens (including phenoxy) is 1. The molecule has 1 amide bonds. The van der Waals surface area contributed by atoms with Gasteiger partial charge in [0.1, 0.15) is 5.75 Å². The maximum absolute atomic E-state index is 12.3. The third-order valence-electron chi connectivity index (χ3n) is 5.08. The highest BCUT2D eigenvalue weighted by Gasteiger charge is 2.37. The Morgan fingerprint density at radius 3 is 2.46 bits per heavy atom. The second-order valence-electron chi connectivity index (χ2n) is 6.76. The first-order valence-corrected chi connectivity index (χ1v) is 10.8. The Kier molecular flexibility index (Phi) is 5.25. The van der Waals surface area contributed by atoms with Crippen LogP contribution in [0.3, 0.4) is 0 Å². The number of carbonyl (C=O) groups excluding carboxylic acids is 1. The molecule has 0 spiro atoms. The SMILES string of the molecule is O=C(COc1ccc(C2SCCCS2)cc1)N1C[C@H]2CNC[C@H]2C1. The number of fused-ring (bicyclic) bond motifs is 1. The van der Waals surface area contributed by atoms with E-state index in [-0.39, 0.29) is 12.5 Å². The van der Waals surface area contributed by atoms with Crippen molar-refractivity contribution in [3.8, 4) is 5.75 Å². The van der Waals surface area contributed by atoms with E-state index in [9.17, 15) is 4.79 Å². The van der Waals surface area contributed by atoms with Crippen LogP contribution < -0.4 is 10.1 Å². The molecule has 0 unspecified atom stereocenters. The molecule has 1 aromatic carbocycles. The smallest absolute Gasteiger partial charge is 0.260 e. The Balaban J connectivity index is 1.27. The summed E-state index contributed by atoms with van der Waals surface area (Å²) in [7, 11) is 0. The van der Waals surface area contributed by atoms with Gasteiger partial charge in [-0.15, -0.1) is 23.5 Å². The van der Waals surface area contributed by atoms with E-state index in [1.807, 2.05) is 40.6 Å². The summed E-state index contributed by atoms with van der Waals surface area (Å²) >= 11 is 4.04. The summed E-state index contributed by atoms with van der Waals surface area (Å²) < 4.78 is 6.27. The first kappa shape index (κ1) is 16.6. The maximum atomic E-state index is 12.3. The van der Waals surface area contributed by atoms with Crippen LogP contribution >= 0.6 is 23.5 Å². The summed E-state index contributed by atoms with van der Waals surface area (Å²) in [4.78, 5) is 14.3. The van der Waals surface area contributed by atoms with E-state index in [0.29, 0.717) is 16.4 Å². The normalized spacial score (nSPS) is 27.2. The molecule has 4 nitrogen and oxygen atoms in total. The molecule has 3 aliphatic heterocycles. The average molecular weight is 365 g/mol. The van der Waals surface area contributed by atoms with Crippen LogP contribution in [0.4, 0.5) is 0 Å². The van der Waals surface area contributed by atoms with E-state index >= 15 is 0 Å². The number of nitrogens with zero attached hydrogens (tertiary/aromatic N) is 1. The van der Waals surface area contributed by atoms with Crippen molar-refractivity contribution in [2.45, 2.75) is 11.0 Å². The molecule has 3 saturated heterocycles. The molecule has 0 aromatic heterocycles. The van der Waals surface area contributed by atoms with Gasteiger partial charge in [-0.2, -0.15) is 0 Å². The van der Waals surface area contributed by atoms with Gasteiger partial charge in [-0.1, -0.05) is 12.1 Å². The Morgan fingerprint density at radius 2 is 1.79 bits per heavy atom. The van der Waals surface area contributed by atoms with Crippen LogP contribution in [0, 0.1) is 11.8 Å². The highest BCUT2D eigenvalue weighted by molar-refractivity contribution is 8.16. The minimum absolute atomic E-state index is 0.117. The van der Waals surface area contributed by atoms with Crippen molar-refractivity contribution in [1.82, 2.24) is 10.2 Å². The minimum atomic E-state index is 0.117. The molecule has 4 rings (SSSR count). The molecule has 1 aromatic rings. The van der Waals surface area contributed by atoms with Gasteiger partial charge in [0.2, 0.25) is 0 Å². The first-order valence-electron chi connectivity index (χ1n) is 8.74. The number of hydrogen-bond donors (Lipinski definition) is 1. The van der Waals surface area contributed by atoms with Crippen molar-refractivity contribution in [2.75, 3.05) is 44.3 Å². The van der Waals surface area contributed by atoms with Crippen LogP contribution in [0.2, 0.25) is 0 Å². The van der Waals surface area contributed by atoms with Gasteiger partial charge in [0.25, 0.3) is 5.91 Å². The fourth-order valence-corrected chi connectivity index (χ4v) is 6.59. The molecule has 0 bridgehead atoms. The number of hydrogen-bond acceptors (Lipinski definition) is 5. The zero-order chi connectivity index (χ0) is 16.4. The number of carbonyl (C=O) groups is 1. The van der Waals surface area contributed by atoms with E-state index < -0.39 is 0 Å². The Morgan fingerprint density at radius 1 is 1.12 bits per heavy atom. The lowest BCUT2D eigenvalue weighted by molar-refractivity contribution is -0.132. The third-order valence-corrected chi connectivity index (χ3v) is 8.10. The lowest BCUT2D eigenvalue weighted by Gasteiger charge is -2.21. The second kappa shape index (κ2) is 7.58. The van der Waals surface area contributed by atoms with Crippen molar-refractivity contribution in [3.05, 3.63) is 29.8 Å². The summed E-state index contributed by atoms with van der Waals surface area (Å²) in [5.74, 6) is 4.68. The molecule has 3 fully saturated rings. The minimum Gasteiger partial charge on any atom is -0.484 e. The van der Waals surface area contributed by atoms with Crippen molar-refractivity contribution in [2.24, 2.45) is 11.8 Å². The topological polar surface area (TPSA) is 41.6 Å². The Hall–Kier alpha value is -0.850. The van der Waals surface area contributed by atoms with Gasteiger partial charge < -0.3 is 15.0 Å². The van der Waals surface area contributed by atoms with E-state index in [1.165, 1.54) is 23.5 Å². The van der Waals surface area contributed by atoms with Crippen LogP contribution in [0.25, 0.3) is 0 Å². The number of likely N-dealkylation sites (tertiary alicyclic amines) is 1. The number of amides is 1. The van der Waals surface area contributed by atoms with Crippen LogP contribution in [-0.2, 0) is 4.79 Å². The molecule has 3 heterocycles. The molecule has 0 aliphatic carbocycles. The molecular formula is C18H24N2O2S2. The van der Waals surface area contributed by atoms with Gasteiger partial charge in [0.05, 0.1) is 4.58 Å². The van der Waals surface area contributed by atoms with Crippen LogP contribution in [-0.4, -0.2) is 55.1 Å². The molecule has 0 saturated carbocycles. The van der Waals surface area contributed by atoms with Crippen LogP contribution in [0.1, 0.15) is 16.6 Å². The molecule has 2 atom stereocenters. The number of thioether (sulfide) groups is 2. The molecular weight excluding hydrogens is 340 g/mol. The van der Waals surface area contributed by atoms with E-state index in [4.69, 9.17) is 4.74 Å². The highest BCUT2D eigenvalue weighted by Crippen LogP contribution is 2.43. The summed E-state index contributed by atoms with van der Waals surface area (Å²) in [6, 6.07) is 8.28. The summed E-state index contributed by atoms with van der Waals surface area (Å²) in [6.45, 7) is 4.02. The monoisotopic (exact) mass is 364 g/mol. The Labute approximate surface area is 152 Å². The zero-order valence-electron chi connectivity index (χ0n) is 13.8. The molecule has 3 aliphatic rings. The van der Waals surface area contributed by atoms with E-state index in [0.717, 1.165) is 31.9 Å². The fraction of sp³-hybridized carbons (Fsp3) is 0.611. The Bertz CT molecular complexity index is 563. The number of benzene rings is 1. The van der Waals surface area contributed by atoms with E-state index in [2.05, 4.69) is 17.4 Å². The van der Waals surface area contributed by atoms with Crippen molar-refractivity contribution in [3.63, 3.8) is 0 Å². The quantitative estimate of drug-likeness (QED) is 0.889. The van der Waals surface area contributed by atoms with Crippen molar-refractivity contribution < 1.29 is 9.53 Å². The first-order chi connectivity index (χ1) is 11.8. The van der Waals surface area contributed by atoms with Crippen molar-refractivity contribution in [1.29, 1.82) is 0 Å². The van der Waals surface area contributed by atoms with Gasteiger partial charge >= 0.3 is 0 Å². The van der Waals surface area contributed by atoms with Gasteiger partial charge in [-0.05, 0) is 47.5 Å². The third kappa shape index (κ3) is 3.70. The van der Waals surface area contributed by atoms with Gasteiger partial charge in [0, 0.05) is 26.2 Å². The van der Waals surface area contributed by atoms with Crippen LogP contribution in [0.15, 0.2) is 24.3 Å². The van der Waals surface area contributed by atoms with Gasteiger partial charge in [-0.25, -0.2) is 0 Å². The number of rotatable bonds is 4. The summed E-state index contributed by atoms with van der Waals surface area (Å²) in [5, 5.41) is 3.40.